The second-order valence-electron chi connectivity index (χ2n) is 6.79. The van der Waals surface area contributed by atoms with Gasteiger partial charge < -0.3 is 15.0 Å². The van der Waals surface area contributed by atoms with Crippen molar-refractivity contribution in [2.24, 2.45) is 0 Å². The van der Waals surface area contributed by atoms with Gasteiger partial charge in [-0.2, -0.15) is 5.26 Å². The molecule has 146 valence electrons. The normalized spacial score (nSPS) is 14.6. The molecule has 0 unspecified atom stereocenters. The first-order valence-electron chi connectivity index (χ1n) is 9.35. The number of ether oxygens (including phenoxy) is 1. The Hall–Kier alpha value is -3.21. The molecule has 2 heterocycles. The predicted octanol–water partition coefficient (Wildman–Crippen LogP) is 3.95. The van der Waals surface area contributed by atoms with Crippen molar-refractivity contribution >= 4 is 33.1 Å². The number of fused-ring (bicyclic) bond motifs is 1. The van der Waals surface area contributed by atoms with Gasteiger partial charge in [0.05, 0.1) is 23.4 Å². The standard InChI is InChI=1S/C22H20N4O2S/c1-15-2-7-19-20(12-15)29-21(25-19)16-3-5-18(6-4-16)24-14-17(13-23)22(27)26-8-10-28-11-9-26/h2-7,12,14,24H,8-11H2,1H3/b17-14-. The number of carbonyl (C=O) groups is 1. The van der Waals surface area contributed by atoms with Crippen molar-refractivity contribution in [1.82, 2.24) is 9.88 Å². The number of morpholine rings is 1. The van der Waals surface area contributed by atoms with Crippen molar-refractivity contribution in [2.75, 3.05) is 31.6 Å². The van der Waals surface area contributed by atoms with E-state index < -0.39 is 0 Å². The maximum atomic E-state index is 12.4. The summed E-state index contributed by atoms with van der Waals surface area (Å²) < 4.78 is 6.42. The molecule has 7 heteroatoms. The molecular formula is C22H20N4O2S. The highest BCUT2D eigenvalue weighted by molar-refractivity contribution is 7.21. The maximum absolute atomic E-state index is 12.4. The summed E-state index contributed by atoms with van der Waals surface area (Å²) in [4.78, 5) is 18.8. The van der Waals surface area contributed by atoms with E-state index in [2.05, 4.69) is 24.4 Å². The van der Waals surface area contributed by atoms with Crippen LogP contribution in [0.25, 0.3) is 20.8 Å². The van der Waals surface area contributed by atoms with Crippen molar-refractivity contribution in [3.8, 4) is 16.6 Å². The predicted molar refractivity (Wildman–Crippen MR) is 115 cm³/mol. The van der Waals surface area contributed by atoms with Gasteiger partial charge in [0.25, 0.3) is 5.91 Å². The Balaban J connectivity index is 1.47. The number of rotatable bonds is 4. The number of amides is 1. The van der Waals surface area contributed by atoms with Crippen LogP contribution in [0, 0.1) is 18.3 Å². The molecule has 0 saturated carbocycles. The van der Waals surface area contributed by atoms with Crippen molar-refractivity contribution in [1.29, 1.82) is 5.26 Å². The Morgan fingerprint density at radius 1 is 1.24 bits per heavy atom. The smallest absolute Gasteiger partial charge is 0.266 e. The summed E-state index contributed by atoms with van der Waals surface area (Å²) in [6.45, 7) is 4.10. The molecule has 0 radical (unpaired) electrons. The molecule has 1 aromatic heterocycles. The zero-order valence-electron chi connectivity index (χ0n) is 16.0. The first-order chi connectivity index (χ1) is 14.1. The van der Waals surface area contributed by atoms with Gasteiger partial charge in [-0.3, -0.25) is 4.79 Å². The van der Waals surface area contributed by atoms with E-state index in [0.29, 0.717) is 26.3 Å². The van der Waals surface area contributed by atoms with E-state index in [1.807, 2.05) is 36.4 Å². The van der Waals surface area contributed by atoms with E-state index in [9.17, 15) is 10.1 Å². The maximum Gasteiger partial charge on any atom is 0.266 e. The molecule has 3 aromatic rings. The number of nitriles is 1. The molecule has 0 atom stereocenters. The number of thiazole rings is 1. The van der Waals surface area contributed by atoms with E-state index in [1.165, 1.54) is 16.5 Å². The average Bonchev–Trinajstić information content (AvgIpc) is 3.18. The van der Waals surface area contributed by atoms with Crippen LogP contribution in [0.3, 0.4) is 0 Å². The lowest BCUT2D eigenvalue weighted by Gasteiger charge is -2.26. The molecule has 1 amide bonds. The lowest BCUT2D eigenvalue weighted by atomic mass is 10.2. The van der Waals surface area contributed by atoms with Crippen LogP contribution in [0.1, 0.15) is 5.56 Å². The van der Waals surface area contributed by atoms with Gasteiger partial charge in [-0.25, -0.2) is 4.98 Å². The molecule has 1 saturated heterocycles. The number of carbonyl (C=O) groups excluding carboxylic acids is 1. The quantitative estimate of drug-likeness (QED) is 0.526. The molecule has 1 aliphatic heterocycles. The van der Waals surface area contributed by atoms with Gasteiger partial charge in [-0.15, -0.1) is 11.3 Å². The van der Waals surface area contributed by atoms with E-state index in [-0.39, 0.29) is 11.5 Å². The summed E-state index contributed by atoms with van der Waals surface area (Å²) in [6.07, 6.45) is 1.47. The molecule has 29 heavy (non-hydrogen) atoms. The zero-order valence-corrected chi connectivity index (χ0v) is 16.8. The molecule has 6 nitrogen and oxygen atoms in total. The molecule has 0 spiro atoms. The Morgan fingerprint density at radius 3 is 2.72 bits per heavy atom. The van der Waals surface area contributed by atoms with Crippen LogP contribution in [-0.4, -0.2) is 42.1 Å². The third-order valence-corrected chi connectivity index (χ3v) is 5.78. The van der Waals surface area contributed by atoms with Gasteiger partial charge in [0, 0.05) is 30.5 Å². The van der Waals surface area contributed by atoms with E-state index in [1.54, 1.807) is 16.2 Å². The molecule has 0 aliphatic carbocycles. The summed E-state index contributed by atoms with van der Waals surface area (Å²) in [5.41, 5.74) is 4.13. The molecule has 1 fully saturated rings. The number of nitrogens with one attached hydrogen (secondary N) is 1. The van der Waals surface area contributed by atoms with E-state index in [4.69, 9.17) is 9.72 Å². The fourth-order valence-electron chi connectivity index (χ4n) is 3.10. The van der Waals surface area contributed by atoms with Crippen LogP contribution in [0.5, 0.6) is 0 Å². The minimum absolute atomic E-state index is 0.0810. The number of aromatic nitrogens is 1. The summed E-state index contributed by atoms with van der Waals surface area (Å²) in [5.74, 6) is -0.273. The highest BCUT2D eigenvalue weighted by Gasteiger charge is 2.20. The Bertz CT molecular complexity index is 1110. The third kappa shape index (κ3) is 4.29. The van der Waals surface area contributed by atoms with Crippen LogP contribution in [0.15, 0.2) is 54.2 Å². The molecule has 1 N–H and O–H groups in total. The number of anilines is 1. The van der Waals surface area contributed by atoms with Crippen LogP contribution in [0.2, 0.25) is 0 Å². The largest absolute Gasteiger partial charge is 0.378 e. The minimum atomic E-state index is -0.273. The first-order valence-corrected chi connectivity index (χ1v) is 10.2. The number of benzene rings is 2. The average molecular weight is 404 g/mol. The fourth-order valence-corrected chi connectivity index (χ4v) is 4.17. The topological polar surface area (TPSA) is 78.2 Å². The third-order valence-electron chi connectivity index (χ3n) is 4.71. The molecule has 2 aromatic carbocycles. The van der Waals surface area contributed by atoms with Crippen molar-refractivity contribution in [3.05, 3.63) is 59.8 Å². The monoisotopic (exact) mass is 404 g/mol. The van der Waals surface area contributed by atoms with Crippen molar-refractivity contribution in [3.63, 3.8) is 0 Å². The summed E-state index contributed by atoms with van der Waals surface area (Å²) in [5, 5.41) is 13.4. The SMILES string of the molecule is Cc1ccc2nc(-c3ccc(N/C=C(/C#N)C(=O)N4CCOCC4)cc3)sc2c1. The van der Waals surface area contributed by atoms with Gasteiger partial charge in [0.2, 0.25) is 0 Å². The second kappa shape index (κ2) is 8.43. The van der Waals surface area contributed by atoms with E-state index in [0.717, 1.165) is 21.8 Å². The number of hydrogen-bond donors (Lipinski definition) is 1. The highest BCUT2D eigenvalue weighted by Crippen LogP contribution is 2.31. The minimum Gasteiger partial charge on any atom is -0.378 e. The van der Waals surface area contributed by atoms with Crippen LogP contribution in [-0.2, 0) is 9.53 Å². The second-order valence-corrected chi connectivity index (χ2v) is 7.82. The first kappa shape index (κ1) is 19.1. The fraction of sp³-hybridized carbons (Fsp3) is 0.227. The summed E-state index contributed by atoms with van der Waals surface area (Å²) in [6, 6.07) is 16.0. The van der Waals surface area contributed by atoms with Crippen LogP contribution >= 0.6 is 11.3 Å². The summed E-state index contributed by atoms with van der Waals surface area (Å²) in [7, 11) is 0. The highest BCUT2D eigenvalue weighted by atomic mass is 32.1. The van der Waals surface area contributed by atoms with Gasteiger partial charge in [-0.1, -0.05) is 6.07 Å². The Kier molecular flexibility index (Phi) is 5.56. The number of nitrogens with zero attached hydrogens (tertiary/aromatic N) is 3. The molecule has 1 aliphatic rings. The number of hydrogen-bond acceptors (Lipinski definition) is 6. The zero-order chi connectivity index (χ0) is 20.2. The molecule has 0 bridgehead atoms. The van der Waals surface area contributed by atoms with Crippen LogP contribution in [0.4, 0.5) is 5.69 Å². The Morgan fingerprint density at radius 2 is 2.00 bits per heavy atom. The van der Waals surface area contributed by atoms with Crippen LogP contribution < -0.4 is 5.32 Å². The lowest BCUT2D eigenvalue weighted by molar-refractivity contribution is -0.130. The summed E-state index contributed by atoms with van der Waals surface area (Å²) >= 11 is 1.67. The van der Waals surface area contributed by atoms with E-state index >= 15 is 0 Å². The van der Waals surface area contributed by atoms with Gasteiger partial charge >= 0.3 is 0 Å². The van der Waals surface area contributed by atoms with Crippen molar-refractivity contribution < 1.29 is 9.53 Å². The van der Waals surface area contributed by atoms with Gasteiger partial charge in [0.15, 0.2) is 0 Å². The van der Waals surface area contributed by atoms with Gasteiger partial charge in [-0.05, 0) is 48.9 Å². The van der Waals surface area contributed by atoms with Gasteiger partial charge in [0.1, 0.15) is 16.6 Å². The Labute approximate surface area is 173 Å². The van der Waals surface area contributed by atoms with Crippen molar-refractivity contribution in [2.45, 2.75) is 6.92 Å². The lowest BCUT2D eigenvalue weighted by Crippen LogP contribution is -2.41. The molecular weight excluding hydrogens is 384 g/mol. The number of aryl methyl sites for hydroxylation is 1. The molecule has 4 rings (SSSR count).